The molecule has 1 aromatic carbocycles. The van der Waals surface area contributed by atoms with Crippen molar-refractivity contribution in [3.8, 4) is 0 Å². The summed E-state index contributed by atoms with van der Waals surface area (Å²) in [6.45, 7) is 4.58. The molecule has 0 aliphatic rings. The number of rotatable bonds is 5. The summed E-state index contributed by atoms with van der Waals surface area (Å²) in [5.41, 5.74) is 0.632. The van der Waals surface area contributed by atoms with Crippen molar-refractivity contribution in [3.63, 3.8) is 0 Å². The van der Waals surface area contributed by atoms with Crippen LogP contribution in [0.15, 0.2) is 30.6 Å². The molecule has 0 saturated heterocycles. The molecule has 0 radical (unpaired) electrons. The number of halogens is 1. The maximum Gasteiger partial charge on any atom is 0.321 e. The molecular formula is C14H16FN3O2. The van der Waals surface area contributed by atoms with Gasteiger partial charge in [0.25, 0.3) is 0 Å². The molecule has 2 aromatic rings. The predicted octanol–water partition coefficient (Wildman–Crippen LogP) is 2.13. The van der Waals surface area contributed by atoms with Crippen LogP contribution in [0.1, 0.15) is 31.2 Å². The highest BCUT2D eigenvalue weighted by Gasteiger charge is 2.28. The summed E-state index contributed by atoms with van der Waals surface area (Å²) in [4.78, 5) is 12.2. The van der Waals surface area contributed by atoms with Crippen LogP contribution in [0.3, 0.4) is 0 Å². The number of esters is 1. The molecule has 1 unspecified atom stereocenters. The van der Waals surface area contributed by atoms with Crippen LogP contribution in [0.5, 0.6) is 0 Å². The quantitative estimate of drug-likeness (QED) is 0.786. The van der Waals surface area contributed by atoms with Crippen LogP contribution in [0.25, 0.3) is 0 Å². The van der Waals surface area contributed by atoms with Crippen molar-refractivity contribution in [1.29, 1.82) is 0 Å². The van der Waals surface area contributed by atoms with Gasteiger partial charge in [0.05, 0.1) is 6.61 Å². The minimum atomic E-state index is -0.696. The lowest BCUT2D eigenvalue weighted by atomic mass is 9.98. The number of hydrogen-bond donors (Lipinski definition) is 0. The number of aromatic nitrogens is 3. The second-order valence-corrected chi connectivity index (χ2v) is 4.21. The van der Waals surface area contributed by atoms with Gasteiger partial charge in [-0.3, -0.25) is 4.79 Å². The van der Waals surface area contributed by atoms with Gasteiger partial charge in [0.2, 0.25) is 0 Å². The van der Waals surface area contributed by atoms with E-state index in [0.717, 1.165) is 0 Å². The number of carbonyl (C=O) groups is 1. The van der Waals surface area contributed by atoms with Gasteiger partial charge in [-0.05, 0) is 31.5 Å². The Morgan fingerprint density at radius 2 is 2.05 bits per heavy atom. The highest BCUT2D eigenvalue weighted by molar-refractivity contribution is 5.81. The van der Waals surface area contributed by atoms with Gasteiger partial charge in [-0.15, -0.1) is 10.2 Å². The minimum Gasteiger partial charge on any atom is -0.465 e. The molecule has 0 aliphatic carbocycles. The average Bonchev–Trinajstić information content (AvgIpc) is 2.90. The average molecular weight is 277 g/mol. The van der Waals surface area contributed by atoms with E-state index in [1.807, 2.05) is 6.92 Å². The summed E-state index contributed by atoms with van der Waals surface area (Å²) < 4.78 is 19.9. The second-order valence-electron chi connectivity index (χ2n) is 4.21. The van der Waals surface area contributed by atoms with Crippen LogP contribution in [0.2, 0.25) is 0 Å². The molecular weight excluding hydrogens is 261 g/mol. The molecule has 0 spiro atoms. The normalized spacial score (nSPS) is 12.2. The first-order chi connectivity index (χ1) is 9.67. The Kier molecular flexibility index (Phi) is 4.45. The summed E-state index contributed by atoms with van der Waals surface area (Å²) in [6, 6.07) is 5.75. The molecule has 1 atom stereocenters. The maximum atomic E-state index is 13.0. The fourth-order valence-corrected chi connectivity index (χ4v) is 2.00. The van der Waals surface area contributed by atoms with Crippen LogP contribution in [0.4, 0.5) is 4.39 Å². The molecule has 1 aromatic heterocycles. The largest absolute Gasteiger partial charge is 0.465 e. The van der Waals surface area contributed by atoms with E-state index in [1.54, 1.807) is 30.0 Å². The van der Waals surface area contributed by atoms with Gasteiger partial charge in [-0.2, -0.15) is 0 Å². The van der Waals surface area contributed by atoms with E-state index in [9.17, 15) is 9.18 Å². The van der Waals surface area contributed by atoms with Crippen molar-refractivity contribution in [2.75, 3.05) is 6.61 Å². The maximum absolute atomic E-state index is 13.0. The Labute approximate surface area is 116 Å². The Hall–Kier alpha value is -2.24. The summed E-state index contributed by atoms with van der Waals surface area (Å²) in [5.74, 6) is -0.967. The van der Waals surface area contributed by atoms with Gasteiger partial charge < -0.3 is 9.30 Å². The number of benzene rings is 1. The highest BCUT2D eigenvalue weighted by Crippen LogP contribution is 2.25. The Morgan fingerprint density at radius 1 is 1.35 bits per heavy atom. The first-order valence-electron chi connectivity index (χ1n) is 6.47. The molecule has 106 valence electrons. The number of hydrogen-bond acceptors (Lipinski definition) is 4. The summed E-state index contributed by atoms with van der Waals surface area (Å²) in [5, 5.41) is 7.84. The van der Waals surface area contributed by atoms with Crippen molar-refractivity contribution in [1.82, 2.24) is 14.8 Å². The number of aryl methyl sites for hydroxylation is 1. The van der Waals surface area contributed by atoms with Crippen LogP contribution in [0, 0.1) is 5.82 Å². The zero-order valence-electron chi connectivity index (χ0n) is 11.4. The van der Waals surface area contributed by atoms with Crippen LogP contribution < -0.4 is 0 Å². The molecule has 0 saturated carbocycles. The number of nitrogens with zero attached hydrogens (tertiary/aromatic N) is 3. The standard InChI is InChI=1S/C14H16FN3O2/c1-3-18-9-16-17-13(18)12(14(19)20-4-2)10-5-7-11(15)8-6-10/h5-9,12H,3-4H2,1-2H3. The van der Waals surface area contributed by atoms with Gasteiger partial charge in [-0.1, -0.05) is 12.1 Å². The van der Waals surface area contributed by atoms with Gasteiger partial charge in [-0.25, -0.2) is 4.39 Å². The summed E-state index contributed by atoms with van der Waals surface area (Å²) >= 11 is 0. The van der Waals surface area contributed by atoms with Gasteiger partial charge in [0.15, 0.2) is 5.82 Å². The van der Waals surface area contributed by atoms with E-state index in [1.165, 1.54) is 12.1 Å². The third-order valence-electron chi connectivity index (χ3n) is 2.97. The number of ether oxygens (including phenoxy) is 1. The van der Waals surface area contributed by atoms with Crippen molar-refractivity contribution in [2.45, 2.75) is 26.3 Å². The van der Waals surface area contributed by atoms with Crippen LogP contribution >= 0.6 is 0 Å². The van der Waals surface area contributed by atoms with E-state index in [4.69, 9.17) is 4.74 Å². The van der Waals surface area contributed by atoms with E-state index < -0.39 is 11.9 Å². The van der Waals surface area contributed by atoms with Crippen molar-refractivity contribution in [2.24, 2.45) is 0 Å². The highest BCUT2D eigenvalue weighted by atomic mass is 19.1. The zero-order valence-corrected chi connectivity index (χ0v) is 11.4. The van der Waals surface area contributed by atoms with Crippen LogP contribution in [-0.2, 0) is 16.1 Å². The molecule has 0 aliphatic heterocycles. The smallest absolute Gasteiger partial charge is 0.321 e. The molecule has 20 heavy (non-hydrogen) atoms. The lowest BCUT2D eigenvalue weighted by Crippen LogP contribution is -2.21. The molecule has 2 rings (SSSR count). The molecule has 0 amide bonds. The van der Waals surface area contributed by atoms with Crippen molar-refractivity contribution in [3.05, 3.63) is 47.8 Å². The second kappa shape index (κ2) is 6.27. The monoisotopic (exact) mass is 277 g/mol. The topological polar surface area (TPSA) is 57.0 Å². The Bertz CT molecular complexity index is 580. The molecule has 5 nitrogen and oxygen atoms in total. The molecule has 6 heteroatoms. The van der Waals surface area contributed by atoms with Crippen molar-refractivity contribution < 1.29 is 13.9 Å². The minimum absolute atomic E-state index is 0.275. The molecule has 0 bridgehead atoms. The van der Waals surface area contributed by atoms with Crippen LogP contribution in [-0.4, -0.2) is 27.3 Å². The van der Waals surface area contributed by atoms with E-state index in [0.29, 0.717) is 17.9 Å². The molecule has 0 fully saturated rings. The van der Waals surface area contributed by atoms with Crippen molar-refractivity contribution >= 4 is 5.97 Å². The van der Waals surface area contributed by atoms with Gasteiger partial charge >= 0.3 is 5.97 Å². The van der Waals surface area contributed by atoms with E-state index in [2.05, 4.69) is 10.2 Å². The molecule has 0 N–H and O–H groups in total. The SMILES string of the molecule is CCOC(=O)C(c1ccc(F)cc1)c1nncn1CC. The van der Waals surface area contributed by atoms with Gasteiger partial charge in [0.1, 0.15) is 18.1 Å². The Morgan fingerprint density at radius 3 is 2.65 bits per heavy atom. The fourth-order valence-electron chi connectivity index (χ4n) is 2.00. The first-order valence-corrected chi connectivity index (χ1v) is 6.47. The lowest BCUT2D eigenvalue weighted by Gasteiger charge is -2.16. The summed E-state index contributed by atoms with van der Waals surface area (Å²) in [6.07, 6.45) is 1.56. The van der Waals surface area contributed by atoms with Gasteiger partial charge in [0, 0.05) is 6.54 Å². The fraction of sp³-hybridized carbons (Fsp3) is 0.357. The summed E-state index contributed by atoms with van der Waals surface area (Å²) in [7, 11) is 0. The predicted molar refractivity (Wildman–Crippen MR) is 70.6 cm³/mol. The zero-order chi connectivity index (χ0) is 14.5. The van der Waals surface area contributed by atoms with E-state index in [-0.39, 0.29) is 12.4 Å². The Balaban J connectivity index is 2.44. The molecule has 1 heterocycles. The lowest BCUT2D eigenvalue weighted by molar-refractivity contribution is -0.144. The van der Waals surface area contributed by atoms with E-state index >= 15 is 0 Å². The number of carbonyl (C=O) groups excluding carboxylic acids is 1. The third kappa shape index (κ3) is 2.84. The first kappa shape index (κ1) is 14.2. The third-order valence-corrected chi connectivity index (χ3v) is 2.97.